The van der Waals surface area contributed by atoms with E-state index in [0.717, 1.165) is 12.5 Å². The summed E-state index contributed by atoms with van der Waals surface area (Å²) in [5, 5.41) is 0. The van der Waals surface area contributed by atoms with Gasteiger partial charge in [-0.3, -0.25) is 4.99 Å². The summed E-state index contributed by atoms with van der Waals surface area (Å²) in [5.74, 6) is -3.12. The van der Waals surface area contributed by atoms with Gasteiger partial charge in [-0.25, -0.2) is 13.2 Å². The maximum atomic E-state index is 13.6. The number of hydrogen-bond donors (Lipinski definition) is 1. The van der Waals surface area contributed by atoms with Crippen LogP contribution in [0.15, 0.2) is 47.5 Å². The zero-order valence-electron chi connectivity index (χ0n) is 12.8. The fourth-order valence-corrected chi connectivity index (χ4v) is 2.00. The molecule has 0 amide bonds. The molecule has 0 spiro atoms. The number of benzene rings is 2. The molecule has 2 rings (SSSR count). The molecule has 0 bridgehead atoms. The Morgan fingerprint density at radius 2 is 1.83 bits per heavy atom. The van der Waals surface area contributed by atoms with Crippen LogP contribution in [-0.2, 0) is 12.5 Å². The number of rotatable bonds is 5. The SMILES string of the molecule is COc1ccc(C(N)=NCc2ccc(C(C)(F)F)cc2)cc1F. The molecule has 0 aliphatic heterocycles. The summed E-state index contributed by atoms with van der Waals surface area (Å²) < 4.78 is 44.7. The van der Waals surface area contributed by atoms with Crippen LogP contribution in [0.5, 0.6) is 5.75 Å². The Labute approximate surface area is 132 Å². The highest BCUT2D eigenvalue weighted by Crippen LogP contribution is 2.26. The number of hydrogen-bond acceptors (Lipinski definition) is 2. The number of amidine groups is 1. The molecule has 0 heterocycles. The van der Waals surface area contributed by atoms with Crippen LogP contribution in [0.2, 0.25) is 0 Å². The minimum atomic E-state index is -2.87. The van der Waals surface area contributed by atoms with Gasteiger partial charge < -0.3 is 10.5 Å². The molecular weight excluding hydrogens is 305 g/mol. The van der Waals surface area contributed by atoms with E-state index in [2.05, 4.69) is 4.99 Å². The quantitative estimate of drug-likeness (QED) is 0.671. The van der Waals surface area contributed by atoms with Gasteiger partial charge in [0.2, 0.25) is 0 Å². The van der Waals surface area contributed by atoms with Gasteiger partial charge in [0.15, 0.2) is 11.6 Å². The Hall–Kier alpha value is -2.50. The predicted molar refractivity (Wildman–Crippen MR) is 83.4 cm³/mol. The van der Waals surface area contributed by atoms with Crippen molar-refractivity contribution in [2.75, 3.05) is 7.11 Å². The van der Waals surface area contributed by atoms with Crippen molar-refractivity contribution in [3.8, 4) is 5.75 Å². The normalized spacial score (nSPS) is 12.3. The van der Waals surface area contributed by atoms with Gasteiger partial charge in [-0.05, 0) is 23.8 Å². The maximum absolute atomic E-state index is 13.6. The molecule has 122 valence electrons. The largest absolute Gasteiger partial charge is 0.494 e. The van der Waals surface area contributed by atoms with Crippen LogP contribution in [0, 0.1) is 5.82 Å². The van der Waals surface area contributed by atoms with Crippen LogP contribution in [0.25, 0.3) is 0 Å². The lowest BCUT2D eigenvalue weighted by molar-refractivity contribution is 0.0174. The summed E-state index contributed by atoms with van der Waals surface area (Å²) in [6.07, 6.45) is 0. The first-order valence-electron chi connectivity index (χ1n) is 6.92. The van der Waals surface area contributed by atoms with Crippen molar-refractivity contribution in [2.45, 2.75) is 19.4 Å². The van der Waals surface area contributed by atoms with Crippen LogP contribution in [0.4, 0.5) is 13.2 Å². The third-order valence-corrected chi connectivity index (χ3v) is 3.34. The number of alkyl halides is 2. The molecule has 2 N–H and O–H groups in total. The van der Waals surface area contributed by atoms with E-state index in [1.807, 2.05) is 0 Å². The average molecular weight is 322 g/mol. The Morgan fingerprint density at radius 1 is 1.17 bits per heavy atom. The lowest BCUT2D eigenvalue weighted by Crippen LogP contribution is -2.14. The van der Waals surface area contributed by atoms with Gasteiger partial charge in [0.1, 0.15) is 5.84 Å². The molecule has 0 aliphatic carbocycles. The lowest BCUT2D eigenvalue weighted by Gasteiger charge is -2.10. The van der Waals surface area contributed by atoms with Crippen molar-refractivity contribution < 1.29 is 17.9 Å². The highest BCUT2D eigenvalue weighted by molar-refractivity contribution is 5.97. The highest BCUT2D eigenvalue weighted by Gasteiger charge is 2.23. The molecule has 0 unspecified atom stereocenters. The summed E-state index contributed by atoms with van der Waals surface area (Å²) in [7, 11) is 1.37. The van der Waals surface area contributed by atoms with Crippen molar-refractivity contribution >= 4 is 5.84 Å². The maximum Gasteiger partial charge on any atom is 0.270 e. The lowest BCUT2D eigenvalue weighted by atomic mass is 10.1. The number of nitrogens with two attached hydrogens (primary N) is 1. The van der Waals surface area contributed by atoms with E-state index in [-0.39, 0.29) is 23.7 Å². The predicted octanol–water partition coefficient (Wildman–Crippen LogP) is 3.85. The van der Waals surface area contributed by atoms with Crippen LogP contribution in [-0.4, -0.2) is 12.9 Å². The molecule has 0 aromatic heterocycles. The van der Waals surface area contributed by atoms with Crippen LogP contribution in [0.1, 0.15) is 23.6 Å². The van der Waals surface area contributed by atoms with Crippen LogP contribution < -0.4 is 10.5 Å². The third kappa shape index (κ3) is 4.25. The molecule has 0 radical (unpaired) electrons. The van der Waals surface area contributed by atoms with Crippen molar-refractivity contribution in [1.29, 1.82) is 0 Å². The molecule has 23 heavy (non-hydrogen) atoms. The van der Waals surface area contributed by atoms with Gasteiger partial charge in [-0.15, -0.1) is 0 Å². The van der Waals surface area contributed by atoms with E-state index in [4.69, 9.17) is 10.5 Å². The second kappa shape index (κ2) is 6.73. The second-order valence-electron chi connectivity index (χ2n) is 5.14. The number of methoxy groups -OCH3 is 1. The van der Waals surface area contributed by atoms with Gasteiger partial charge in [-0.1, -0.05) is 24.3 Å². The average Bonchev–Trinajstić information content (AvgIpc) is 2.52. The number of aliphatic imine (C=N–C) groups is 1. The zero-order chi connectivity index (χ0) is 17.0. The minimum Gasteiger partial charge on any atom is -0.494 e. The third-order valence-electron chi connectivity index (χ3n) is 3.34. The van der Waals surface area contributed by atoms with Gasteiger partial charge in [-0.2, -0.15) is 0 Å². The summed E-state index contributed by atoms with van der Waals surface area (Å²) in [5.41, 5.74) is 6.93. The standard InChI is InChI=1S/C17H17F3N2O/c1-17(19,20)13-6-3-11(4-7-13)10-22-16(21)12-5-8-15(23-2)14(18)9-12/h3-9H,10H2,1-2H3,(H2,21,22). The molecule has 6 heteroatoms. The Morgan fingerprint density at radius 3 is 2.35 bits per heavy atom. The van der Waals surface area contributed by atoms with Crippen molar-refractivity contribution in [3.05, 3.63) is 65.0 Å². The topological polar surface area (TPSA) is 47.6 Å². The molecule has 0 aliphatic rings. The molecule has 0 saturated carbocycles. The van der Waals surface area contributed by atoms with E-state index in [0.29, 0.717) is 5.56 Å². The summed E-state index contributed by atoms with van der Waals surface area (Å²) in [6, 6.07) is 10.1. The second-order valence-corrected chi connectivity index (χ2v) is 5.14. The van der Waals surface area contributed by atoms with Crippen molar-refractivity contribution in [2.24, 2.45) is 10.7 Å². The first-order valence-corrected chi connectivity index (χ1v) is 6.92. The molecule has 2 aromatic rings. The van der Waals surface area contributed by atoms with E-state index in [1.165, 1.54) is 31.4 Å². The van der Waals surface area contributed by atoms with E-state index in [1.54, 1.807) is 18.2 Å². The fourth-order valence-electron chi connectivity index (χ4n) is 2.00. The molecule has 2 aromatic carbocycles. The number of nitrogens with zero attached hydrogens (tertiary/aromatic N) is 1. The Balaban J connectivity index is 2.11. The van der Waals surface area contributed by atoms with E-state index in [9.17, 15) is 13.2 Å². The fraction of sp³-hybridized carbons (Fsp3) is 0.235. The monoisotopic (exact) mass is 322 g/mol. The first-order chi connectivity index (χ1) is 10.8. The summed E-state index contributed by atoms with van der Waals surface area (Å²) in [6.45, 7) is 1.06. The summed E-state index contributed by atoms with van der Waals surface area (Å²) >= 11 is 0. The highest BCUT2D eigenvalue weighted by atomic mass is 19.3. The van der Waals surface area contributed by atoms with Gasteiger partial charge in [0.05, 0.1) is 13.7 Å². The Bertz CT molecular complexity index is 707. The molecular formula is C17H17F3N2O. The smallest absolute Gasteiger partial charge is 0.270 e. The molecule has 0 saturated heterocycles. The first kappa shape index (κ1) is 16.9. The van der Waals surface area contributed by atoms with Crippen molar-refractivity contribution in [3.63, 3.8) is 0 Å². The molecule has 3 nitrogen and oxygen atoms in total. The van der Waals surface area contributed by atoms with Gasteiger partial charge in [0.25, 0.3) is 5.92 Å². The van der Waals surface area contributed by atoms with Crippen LogP contribution in [0.3, 0.4) is 0 Å². The molecule has 0 fully saturated rings. The van der Waals surface area contributed by atoms with E-state index >= 15 is 0 Å². The minimum absolute atomic E-state index is 0.0598. The van der Waals surface area contributed by atoms with Crippen molar-refractivity contribution in [1.82, 2.24) is 0 Å². The zero-order valence-corrected chi connectivity index (χ0v) is 12.8. The van der Waals surface area contributed by atoms with Gasteiger partial charge in [0, 0.05) is 18.1 Å². The van der Waals surface area contributed by atoms with Gasteiger partial charge >= 0.3 is 0 Å². The summed E-state index contributed by atoms with van der Waals surface area (Å²) in [4.78, 5) is 4.15. The number of halogens is 3. The number of ether oxygens (including phenoxy) is 1. The van der Waals surface area contributed by atoms with E-state index < -0.39 is 11.7 Å². The molecule has 0 atom stereocenters. The van der Waals surface area contributed by atoms with Crippen LogP contribution >= 0.6 is 0 Å². The Kier molecular flexibility index (Phi) is 4.93.